The van der Waals surface area contributed by atoms with Crippen molar-refractivity contribution in [1.82, 2.24) is 16.0 Å². The van der Waals surface area contributed by atoms with Crippen molar-refractivity contribution >= 4 is 17.9 Å². The van der Waals surface area contributed by atoms with Crippen LogP contribution in [0, 0.1) is 11.8 Å². The molecule has 0 aliphatic heterocycles. The predicted octanol–water partition coefficient (Wildman–Crippen LogP) is 0.559. The van der Waals surface area contributed by atoms with Crippen molar-refractivity contribution < 1.29 is 19.5 Å². The quantitative estimate of drug-likeness (QED) is 0.497. The molecule has 0 saturated carbocycles. The van der Waals surface area contributed by atoms with Crippen molar-refractivity contribution in [3.63, 3.8) is 0 Å². The van der Waals surface area contributed by atoms with E-state index < -0.39 is 12.0 Å². The topological polar surface area (TPSA) is 108 Å². The van der Waals surface area contributed by atoms with Crippen LogP contribution in [0.3, 0.4) is 0 Å². The van der Waals surface area contributed by atoms with Crippen molar-refractivity contribution in [2.75, 3.05) is 19.6 Å². The molecule has 0 bridgehead atoms. The van der Waals surface area contributed by atoms with Gasteiger partial charge in [0.05, 0.1) is 6.54 Å². The zero-order valence-corrected chi connectivity index (χ0v) is 12.4. The molecule has 116 valence electrons. The summed E-state index contributed by atoms with van der Waals surface area (Å²) in [4.78, 5) is 33.4. The third-order valence-corrected chi connectivity index (χ3v) is 2.71. The number of aliphatic carboxylic acids is 1. The van der Waals surface area contributed by atoms with Crippen LogP contribution in [0.2, 0.25) is 0 Å². The van der Waals surface area contributed by atoms with E-state index in [1.54, 1.807) is 0 Å². The van der Waals surface area contributed by atoms with Crippen LogP contribution in [0.15, 0.2) is 0 Å². The molecule has 3 amide bonds. The molecule has 0 heterocycles. The molecule has 4 N–H and O–H groups in total. The smallest absolute Gasteiger partial charge is 0.315 e. The summed E-state index contributed by atoms with van der Waals surface area (Å²) in [5.74, 6) is -0.874. The Balaban J connectivity index is 3.82. The molecule has 0 aromatic rings. The lowest BCUT2D eigenvalue weighted by atomic mass is 10.0. The Morgan fingerprint density at radius 2 is 1.70 bits per heavy atom. The Hall–Kier alpha value is -1.79. The van der Waals surface area contributed by atoms with Gasteiger partial charge in [-0.25, -0.2) is 4.79 Å². The third kappa shape index (κ3) is 10.2. The van der Waals surface area contributed by atoms with Gasteiger partial charge in [-0.1, -0.05) is 27.2 Å². The number of carbonyl (C=O) groups is 3. The van der Waals surface area contributed by atoms with Crippen molar-refractivity contribution in [3.05, 3.63) is 0 Å². The first-order valence-corrected chi connectivity index (χ1v) is 6.85. The fourth-order valence-electron chi connectivity index (χ4n) is 1.45. The highest BCUT2D eigenvalue weighted by Crippen LogP contribution is 2.06. The van der Waals surface area contributed by atoms with E-state index in [4.69, 9.17) is 5.11 Å². The molecule has 0 fully saturated rings. The van der Waals surface area contributed by atoms with E-state index >= 15 is 0 Å². The molecule has 0 aromatic carbocycles. The minimum atomic E-state index is -0.882. The summed E-state index contributed by atoms with van der Waals surface area (Å²) in [7, 11) is 0. The zero-order chi connectivity index (χ0) is 15.5. The Morgan fingerprint density at radius 1 is 1.05 bits per heavy atom. The number of carboxylic acids is 1. The molecule has 1 unspecified atom stereocenters. The summed E-state index contributed by atoms with van der Waals surface area (Å²) >= 11 is 0. The fourth-order valence-corrected chi connectivity index (χ4v) is 1.45. The summed E-state index contributed by atoms with van der Waals surface area (Å²) in [6.07, 6.45) is 0.688. The molecule has 0 aromatic heterocycles. The standard InChI is InChI=1S/C13H25N3O4/c1-4-10(5-12(18)19)7-15-13(20)16-8-11(17)14-6-9(2)3/h9-10H,4-8H2,1-3H3,(H,14,17)(H,18,19)(H2,15,16,20). The number of carbonyl (C=O) groups excluding carboxylic acids is 2. The average Bonchev–Trinajstić information content (AvgIpc) is 2.38. The van der Waals surface area contributed by atoms with Gasteiger partial charge in [-0.3, -0.25) is 9.59 Å². The number of amides is 3. The normalized spacial score (nSPS) is 11.8. The van der Waals surface area contributed by atoms with Gasteiger partial charge in [0.25, 0.3) is 0 Å². The lowest BCUT2D eigenvalue weighted by molar-refractivity contribution is -0.138. The Kier molecular flexibility index (Phi) is 9.15. The van der Waals surface area contributed by atoms with Crippen molar-refractivity contribution in [1.29, 1.82) is 0 Å². The number of hydrogen-bond acceptors (Lipinski definition) is 3. The van der Waals surface area contributed by atoms with Gasteiger partial charge in [-0.05, 0) is 11.8 Å². The molecule has 1 atom stereocenters. The van der Waals surface area contributed by atoms with Gasteiger partial charge < -0.3 is 21.1 Å². The van der Waals surface area contributed by atoms with E-state index in [2.05, 4.69) is 16.0 Å². The Morgan fingerprint density at radius 3 is 2.20 bits per heavy atom. The molecule has 7 heteroatoms. The molecule has 0 radical (unpaired) electrons. The highest BCUT2D eigenvalue weighted by Gasteiger charge is 2.12. The predicted molar refractivity (Wildman–Crippen MR) is 75.3 cm³/mol. The molecular formula is C13H25N3O4. The van der Waals surface area contributed by atoms with Crippen LogP contribution in [0.4, 0.5) is 4.79 Å². The number of carboxylic acid groups (broad SMARTS) is 1. The molecule has 0 spiro atoms. The Labute approximate surface area is 119 Å². The molecule has 7 nitrogen and oxygen atoms in total. The first-order valence-electron chi connectivity index (χ1n) is 6.85. The molecule has 0 aliphatic carbocycles. The van der Waals surface area contributed by atoms with Gasteiger partial charge in [0, 0.05) is 19.5 Å². The zero-order valence-electron chi connectivity index (χ0n) is 12.4. The molecule has 20 heavy (non-hydrogen) atoms. The fraction of sp³-hybridized carbons (Fsp3) is 0.769. The van der Waals surface area contributed by atoms with E-state index in [1.807, 2.05) is 20.8 Å². The molecular weight excluding hydrogens is 262 g/mol. The van der Waals surface area contributed by atoms with E-state index in [9.17, 15) is 14.4 Å². The minimum absolute atomic E-state index is 0.0195. The van der Waals surface area contributed by atoms with Crippen molar-refractivity contribution in [2.45, 2.75) is 33.6 Å². The lowest BCUT2D eigenvalue weighted by Gasteiger charge is -2.14. The number of urea groups is 1. The number of hydrogen-bond donors (Lipinski definition) is 4. The van der Waals surface area contributed by atoms with Gasteiger partial charge in [-0.2, -0.15) is 0 Å². The highest BCUT2D eigenvalue weighted by atomic mass is 16.4. The van der Waals surface area contributed by atoms with Crippen LogP contribution in [0.1, 0.15) is 33.6 Å². The monoisotopic (exact) mass is 287 g/mol. The SMILES string of the molecule is CCC(CNC(=O)NCC(=O)NCC(C)C)CC(=O)O. The summed E-state index contributed by atoms with van der Waals surface area (Å²) in [5, 5.41) is 16.4. The molecule has 0 rings (SSSR count). The maximum atomic E-state index is 11.4. The van der Waals surface area contributed by atoms with Crippen LogP contribution in [-0.4, -0.2) is 42.6 Å². The number of rotatable bonds is 9. The van der Waals surface area contributed by atoms with Gasteiger partial charge in [0.2, 0.25) is 5.91 Å². The van der Waals surface area contributed by atoms with E-state index in [0.29, 0.717) is 18.9 Å². The lowest BCUT2D eigenvalue weighted by Crippen LogP contribution is -2.44. The number of nitrogens with one attached hydrogen (secondary N) is 3. The maximum Gasteiger partial charge on any atom is 0.315 e. The van der Waals surface area contributed by atoms with Gasteiger partial charge in [0.15, 0.2) is 0 Å². The largest absolute Gasteiger partial charge is 0.481 e. The molecule has 0 aliphatic rings. The van der Waals surface area contributed by atoms with E-state index in [-0.39, 0.29) is 31.3 Å². The van der Waals surface area contributed by atoms with Crippen LogP contribution >= 0.6 is 0 Å². The summed E-state index contributed by atoms with van der Waals surface area (Å²) in [6, 6.07) is -0.464. The second-order valence-corrected chi connectivity index (χ2v) is 5.13. The van der Waals surface area contributed by atoms with Gasteiger partial charge >= 0.3 is 12.0 Å². The van der Waals surface area contributed by atoms with Crippen LogP contribution < -0.4 is 16.0 Å². The first-order chi connectivity index (χ1) is 9.35. The average molecular weight is 287 g/mol. The molecule has 0 saturated heterocycles. The van der Waals surface area contributed by atoms with E-state index in [1.165, 1.54) is 0 Å². The highest BCUT2D eigenvalue weighted by molar-refractivity contribution is 5.83. The third-order valence-electron chi connectivity index (χ3n) is 2.71. The van der Waals surface area contributed by atoms with Gasteiger partial charge in [-0.15, -0.1) is 0 Å². The van der Waals surface area contributed by atoms with Crippen molar-refractivity contribution in [2.24, 2.45) is 11.8 Å². The second kappa shape index (κ2) is 10.1. The Bertz CT molecular complexity index is 332. The summed E-state index contributed by atoms with van der Waals surface area (Å²) in [5.41, 5.74) is 0. The second-order valence-electron chi connectivity index (χ2n) is 5.13. The van der Waals surface area contributed by atoms with Crippen molar-refractivity contribution in [3.8, 4) is 0 Å². The summed E-state index contributed by atoms with van der Waals surface area (Å²) in [6.45, 7) is 6.59. The van der Waals surface area contributed by atoms with Crippen LogP contribution in [-0.2, 0) is 9.59 Å². The van der Waals surface area contributed by atoms with E-state index in [0.717, 1.165) is 0 Å². The minimum Gasteiger partial charge on any atom is -0.481 e. The maximum absolute atomic E-state index is 11.4. The van der Waals surface area contributed by atoms with Crippen LogP contribution in [0.25, 0.3) is 0 Å². The van der Waals surface area contributed by atoms with Gasteiger partial charge in [0.1, 0.15) is 0 Å². The summed E-state index contributed by atoms with van der Waals surface area (Å²) < 4.78 is 0. The first kappa shape index (κ1) is 18.2. The van der Waals surface area contributed by atoms with Crippen LogP contribution in [0.5, 0.6) is 0 Å².